The lowest BCUT2D eigenvalue weighted by Crippen LogP contribution is -2.30. The summed E-state index contributed by atoms with van der Waals surface area (Å²) in [6.45, 7) is 0.554. The number of nitrogens with zero attached hydrogens (tertiary/aromatic N) is 3. The van der Waals surface area contributed by atoms with Gasteiger partial charge >= 0.3 is 5.97 Å². The highest BCUT2D eigenvalue weighted by atomic mass is 16.4. The third-order valence-corrected chi connectivity index (χ3v) is 4.95. The first-order chi connectivity index (χ1) is 12.6. The molecule has 1 fully saturated rings. The minimum atomic E-state index is -0.892. The molecule has 6 nitrogen and oxygen atoms in total. The van der Waals surface area contributed by atoms with Crippen LogP contribution in [-0.4, -0.2) is 44.9 Å². The number of hydrogen-bond donors (Lipinski definition) is 1. The van der Waals surface area contributed by atoms with Gasteiger partial charge in [0.2, 0.25) is 0 Å². The average molecular weight is 347 g/mol. The number of likely N-dealkylation sites (tertiary alicyclic amines) is 1. The molecule has 0 radical (unpaired) electrons. The van der Waals surface area contributed by atoms with Gasteiger partial charge in [0.1, 0.15) is 0 Å². The molecule has 0 unspecified atom stereocenters. The van der Waals surface area contributed by atoms with Crippen molar-refractivity contribution >= 4 is 22.6 Å². The van der Waals surface area contributed by atoms with Gasteiger partial charge in [-0.2, -0.15) is 0 Å². The summed E-state index contributed by atoms with van der Waals surface area (Å²) >= 11 is 0. The van der Waals surface area contributed by atoms with Crippen molar-refractivity contribution in [1.82, 2.24) is 14.9 Å². The first kappa shape index (κ1) is 16.2. The summed E-state index contributed by atoms with van der Waals surface area (Å²) in [5.41, 5.74) is 1.41. The van der Waals surface area contributed by atoms with Crippen molar-refractivity contribution in [1.29, 1.82) is 0 Å². The zero-order valence-corrected chi connectivity index (χ0v) is 13.9. The Morgan fingerprint density at radius 1 is 1.00 bits per heavy atom. The lowest BCUT2D eigenvalue weighted by Gasteiger charge is -2.17. The van der Waals surface area contributed by atoms with Gasteiger partial charge in [-0.05, 0) is 29.1 Å². The fourth-order valence-electron chi connectivity index (χ4n) is 3.63. The second kappa shape index (κ2) is 6.55. The van der Waals surface area contributed by atoms with E-state index in [1.54, 1.807) is 41.8 Å². The van der Waals surface area contributed by atoms with Gasteiger partial charge < -0.3 is 10.0 Å². The monoisotopic (exact) mass is 347 g/mol. The van der Waals surface area contributed by atoms with E-state index in [0.717, 1.165) is 16.3 Å². The maximum atomic E-state index is 13.1. The highest BCUT2D eigenvalue weighted by molar-refractivity contribution is 6.07. The molecule has 0 spiro atoms. The molecule has 2 atom stereocenters. The Morgan fingerprint density at radius 3 is 2.62 bits per heavy atom. The molecule has 1 N–H and O–H groups in total. The molecular formula is C20H17N3O3. The molecule has 0 aliphatic carbocycles. The number of pyridine rings is 2. The Bertz CT molecular complexity index is 969. The number of carbonyl (C=O) groups is 2. The van der Waals surface area contributed by atoms with Gasteiger partial charge in [0.15, 0.2) is 0 Å². The predicted octanol–water partition coefficient (Wildman–Crippen LogP) is 2.57. The molecule has 2 aromatic heterocycles. The largest absolute Gasteiger partial charge is 0.481 e. The van der Waals surface area contributed by atoms with Crippen LogP contribution >= 0.6 is 0 Å². The Morgan fingerprint density at radius 2 is 1.85 bits per heavy atom. The summed E-state index contributed by atoms with van der Waals surface area (Å²) in [5.74, 6) is -1.95. The minimum Gasteiger partial charge on any atom is -0.481 e. The summed E-state index contributed by atoms with van der Waals surface area (Å²) in [5, 5.41) is 11.3. The summed E-state index contributed by atoms with van der Waals surface area (Å²) in [6, 6.07) is 11.0. The number of aliphatic carboxylic acids is 1. The smallest absolute Gasteiger partial charge is 0.308 e. The van der Waals surface area contributed by atoms with Crippen LogP contribution in [0.4, 0.5) is 0 Å². The minimum absolute atomic E-state index is 0.153. The number of hydrogen-bond acceptors (Lipinski definition) is 4. The van der Waals surface area contributed by atoms with E-state index in [2.05, 4.69) is 9.97 Å². The van der Waals surface area contributed by atoms with Crippen LogP contribution in [0.25, 0.3) is 10.8 Å². The summed E-state index contributed by atoms with van der Waals surface area (Å²) in [4.78, 5) is 34.6. The average Bonchev–Trinajstić information content (AvgIpc) is 3.13. The van der Waals surface area contributed by atoms with E-state index in [1.807, 2.05) is 24.3 Å². The molecule has 26 heavy (non-hydrogen) atoms. The molecule has 1 aliphatic heterocycles. The molecule has 3 heterocycles. The van der Waals surface area contributed by atoms with Crippen molar-refractivity contribution in [3.8, 4) is 0 Å². The van der Waals surface area contributed by atoms with Crippen molar-refractivity contribution < 1.29 is 14.7 Å². The Kier molecular flexibility index (Phi) is 4.08. The van der Waals surface area contributed by atoms with E-state index in [4.69, 9.17) is 0 Å². The third-order valence-electron chi connectivity index (χ3n) is 4.95. The van der Waals surface area contributed by atoms with Crippen molar-refractivity contribution in [3.05, 3.63) is 72.3 Å². The highest BCUT2D eigenvalue weighted by Crippen LogP contribution is 2.34. The van der Waals surface area contributed by atoms with Crippen LogP contribution in [0, 0.1) is 5.92 Å². The number of fused-ring (bicyclic) bond motifs is 1. The first-order valence-corrected chi connectivity index (χ1v) is 8.40. The summed E-state index contributed by atoms with van der Waals surface area (Å²) < 4.78 is 0. The van der Waals surface area contributed by atoms with E-state index in [1.165, 1.54) is 0 Å². The fourth-order valence-corrected chi connectivity index (χ4v) is 3.63. The standard InChI is InChI=1S/C20H17N3O3/c24-19(16-5-1-3-13-9-22-8-6-15(13)16)23-11-17(18(12-23)20(25)26)14-4-2-7-21-10-14/h1-10,17-18H,11-12H2,(H,25,26)/t17-,18+/m0/s1. The number of carbonyl (C=O) groups excluding carboxylic acids is 1. The highest BCUT2D eigenvalue weighted by Gasteiger charge is 2.41. The maximum Gasteiger partial charge on any atom is 0.308 e. The molecule has 6 heteroatoms. The number of rotatable bonds is 3. The van der Waals surface area contributed by atoms with Crippen molar-refractivity contribution in [2.24, 2.45) is 5.92 Å². The van der Waals surface area contributed by atoms with Crippen LogP contribution in [0.1, 0.15) is 21.8 Å². The predicted molar refractivity (Wildman–Crippen MR) is 95.8 cm³/mol. The lowest BCUT2D eigenvalue weighted by atomic mass is 9.90. The van der Waals surface area contributed by atoms with Crippen LogP contribution in [0.3, 0.4) is 0 Å². The molecule has 130 valence electrons. The van der Waals surface area contributed by atoms with Crippen molar-refractivity contribution in [2.45, 2.75) is 5.92 Å². The molecule has 3 aromatic rings. The maximum absolute atomic E-state index is 13.1. The SMILES string of the molecule is O=C(O)[C@@H]1CN(C(=O)c2cccc3cnccc23)C[C@H]1c1cccnc1. The van der Waals surface area contributed by atoms with Crippen LogP contribution < -0.4 is 0 Å². The summed E-state index contributed by atoms with van der Waals surface area (Å²) in [6.07, 6.45) is 6.70. The van der Waals surface area contributed by atoms with Crippen molar-refractivity contribution in [3.63, 3.8) is 0 Å². The summed E-state index contributed by atoms with van der Waals surface area (Å²) in [7, 11) is 0. The van der Waals surface area contributed by atoms with E-state index in [9.17, 15) is 14.7 Å². The number of carboxylic acids is 1. The second-order valence-electron chi connectivity index (χ2n) is 6.45. The molecule has 4 rings (SSSR count). The lowest BCUT2D eigenvalue weighted by molar-refractivity contribution is -0.141. The zero-order chi connectivity index (χ0) is 18.1. The van der Waals surface area contributed by atoms with Crippen LogP contribution in [0.2, 0.25) is 0 Å². The van der Waals surface area contributed by atoms with E-state index in [0.29, 0.717) is 12.1 Å². The van der Waals surface area contributed by atoms with E-state index < -0.39 is 11.9 Å². The molecule has 1 aliphatic rings. The first-order valence-electron chi connectivity index (χ1n) is 8.40. The van der Waals surface area contributed by atoms with Gasteiger partial charge in [0, 0.05) is 54.7 Å². The quantitative estimate of drug-likeness (QED) is 0.787. The van der Waals surface area contributed by atoms with Gasteiger partial charge in [0.05, 0.1) is 5.92 Å². The van der Waals surface area contributed by atoms with Gasteiger partial charge in [-0.1, -0.05) is 18.2 Å². The molecule has 1 aromatic carbocycles. The Labute approximate surface area is 150 Å². The van der Waals surface area contributed by atoms with Crippen LogP contribution in [-0.2, 0) is 4.79 Å². The molecule has 0 bridgehead atoms. The number of aromatic nitrogens is 2. The van der Waals surface area contributed by atoms with E-state index in [-0.39, 0.29) is 18.4 Å². The normalized spacial score (nSPS) is 19.6. The number of carboxylic acid groups (broad SMARTS) is 1. The van der Waals surface area contributed by atoms with E-state index >= 15 is 0 Å². The van der Waals surface area contributed by atoms with Gasteiger partial charge in [0.25, 0.3) is 5.91 Å². The van der Waals surface area contributed by atoms with Crippen molar-refractivity contribution in [2.75, 3.05) is 13.1 Å². The van der Waals surface area contributed by atoms with Crippen LogP contribution in [0.15, 0.2) is 61.2 Å². The molecule has 1 saturated heterocycles. The molecular weight excluding hydrogens is 330 g/mol. The van der Waals surface area contributed by atoms with Crippen LogP contribution in [0.5, 0.6) is 0 Å². The Balaban J connectivity index is 1.68. The van der Waals surface area contributed by atoms with Gasteiger partial charge in [-0.15, -0.1) is 0 Å². The third kappa shape index (κ3) is 2.79. The molecule has 1 amide bonds. The molecule has 0 saturated carbocycles. The van der Waals surface area contributed by atoms with Gasteiger partial charge in [-0.25, -0.2) is 0 Å². The Hall–Kier alpha value is -3.28. The number of benzene rings is 1. The second-order valence-corrected chi connectivity index (χ2v) is 6.45. The fraction of sp³-hybridized carbons (Fsp3) is 0.200. The zero-order valence-electron chi connectivity index (χ0n) is 13.9. The topological polar surface area (TPSA) is 83.4 Å². The number of amides is 1. The van der Waals surface area contributed by atoms with Gasteiger partial charge in [-0.3, -0.25) is 19.6 Å².